The molecule has 9 heteroatoms. The topological polar surface area (TPSA) is 102 Å². The van der Waals surface area contributed by atoms with Gasteiger partial charge in [-0.15, -0.1) is 11.3 Å². The van der Waals surface area contributed by atoms with Gasteiger partial charge in [0, 0.05) is 36.1 Å². The van der Waals surface area contributed by atoms with Crippen molar-refractivity contribution in [1.29, 1.82) is 0 Å². The van der Waals surface area contributed by atoms with Crippen LogP contribution in [0.3, 0.4) is 0 Å². The summed E-state index contributed by atoms with van der Waals surface area (Å²) < 4.78 is 1.75. The Balaban J connectivity index is 1.38. The van der Waals surface area contributed by atoms with Gasteiger partial charge in [-0.3, -0.25) is 9.78 Å². The molecular weight excluding hydrogens is 398 g/mol. The monoisotopic (exact) mass is 419 g/mol. The van der Waals surface area contributed by atoms with Crippen LogP contribution in [0.2, 0.25) is 0 Å². The zero-order valence-corrected chi connectivity index (χ0v) is 17.0. The first-order valence-electron chi connectivity index (χ1n) is 9.83. The third-order valence-electron chi connectivity index (χ3n) is 5.23. The highest BCUT2D eigenvalue weighted by atomic mass is 32.1. The maximum absolute atomic E-state index is 12.9. The van der Waals surface area contributed by atoms with Crippen molar-refractivity contribution in [2.75, 3.05) is 23.3 Å². The predicted octanol–water partition coefficient (Wildman–Crippen LogP) is 3.06. The van der Waals surface area contributed by atoms with E-state index in [0.717, 1.165) is 42.5 Å². The van der Waals surface area contributed by atoms with Gasteiger partial charge >= 0.3 is 0 Å². The van der Waals surface area contributed by atoms with Crippen LogP contribution in [0, 0.1) is 0 Å². The first kappa shape index (κ1) is 18.7. The van der Waals surface area contributed by atoms with Crippen LogP contribution in [0.4, 0.5) is 11.4 Å². The second-order valence-electron chi connectivity index (χ2n) is 7.33. The zero-order chi connectivity index (χ0) is 20.5. The number of anilines is 2. The Morgan fingerprint density at radius 1 is 1.23 bits per heavy atom. The number of benzene rings is 1. The molecule has 152 valence electrons. The Morgan fingerprint density at radius 3 is 3.03 bits per heavy atom. The van der Waals surface area contributed by atoms with Crippen molar-refractivity contribution in [2.24, 2.45) is 5.73 Å². The van der Waals surface area contributed by atoms with Crippen LogP contribution in [-0.2, 0) is 0 Å². The van der Waals surface area contributed by atoms with E-state index in [-0.39, 0.29) is 11.9 Å². The number of nitrogens with zero attached hydrogens (tertiary/aromatic N) is 5. The number of hydrogen-bond donors (Lipinski definition) is 2. The summed E-state index contributed by atoms with van der Waals surface area (Å²) in [5.74, 6) is -0.274. The largest absolute Gasteiger partial charge is 0.368 e. The van der Waals surface area contributed by atoms with E-state index >= 15 is 0 Å². The molecule has 1 atom stereocenters. The van der Waals surface area contributed by atoms with Gasteiger partial charge in [-0.2, -0.15) is 5.10 Å². The van der Waals surface area contributed by atoms with Crippen molar-refractivity contribution in [3.63, 3.8) is 0 Å². The van der Waals surface area contributed by atoms with E-state index < -0.39 is 0 Å². The van der Waals surface area contributed by atoms with Crippen LogP contribution in [0.25, 0.3) is 16.0 Å². The van der Waals surface area contributed by atoms with E-state index in [2.05, 4.69) is 25.3 Å². The van der Waals surface area contributed by atoms with Crippen LogP contribution in [0.15, 0.2) is 54.3 Å². The van der Waals surface area contributed by atoms with Gasteiger partial charge in [-0.1, -0.05) is 18.2 Å². The molecule has 5 rings (SSSR count). The molecule has 0 radical (unpaired) electrons. The molecule has 1 aromatic carbocycles. The van der Waals surface area contributed by atoms with Crippen LogP contribution in [0.1, 0.15) is 23.3 Å². The van der Waals surface area contributed by atoms with Crippen LogP contribution in [-0.4, -0.2) is 44.8 Å². The van der Waals surface area contributed by atoms with Crippen molar-refractivity contribution in [3.8, 4) is 5.13 Å². The second kappa shape index (κ2) is 7.85. The van der Waals surface area contributed by atoms with Gasteiger partial charge in [0.25, 0.3) is 5.91 Å². The zero-order valence-electron chi connectivity index (χ0n) is 16.2. The molecule has 4 heterocycles. The highest BCUT2D eigenvalue weighted by Crippen LogP contribution is 2.28. The molecule has 1 aliphatic rings. The lowest BCUT2D eigenvalue weighted by Gasteiger charge is -2.33. The van der Waals surface area contributed by atoms with Crippen molar-refractivity contribution in [2.45, 2.75) is 18.9 Å². The molecule has 0 saturated carbocycles. The normalized spacial score (nSPS) is 16.7. The minimum Gasteiger partial charge on any atom is -0.368 e. The number of nitrogens with one attached hydrogen (secondary N) is 1. The first-order chi connectivity index (χ1) is 14.7. The molecule has 3 N–H and O–H groups in total. The third kappa shape index (κ3) is 3.53. The molecule has 8 nitrogen and oxygen atoms in total. The number of carbonyl (C=O) groups excluding carboxylic acids is 1. The summed E-state index contributed by atoms with van der Waals surface area (Å²) >= 11 is 1.38. The van der Waals surface area contributed by atoms with Gasteiger partial charge in [0.15, 0.2) is 0 Å². The van der Waals surface area contributed by atoms with E-state index in [9.17, 15) is 4.79 Å². The number of carbonyl (C=O) groups is 1. The number of aromatic nitrogens is 4. The van der Waals surface area contributed by atoms with Crippen LogP contribution >= 0.6 is 11.3 Å². The van der Waals surface area contributed by atoms with Crippen molar-refractivity contribution in [1.82, 2.24) is 19.7 Å². The highest BCUT2D eigenvalue weighted by Gasteiger charge is 2.21. The lowest BCUT2D eigenvalue weighted by Crippen LogP contribution is -2.43. The summed E-state index contributed by atoms with van der Waals surface area (Å²) in [5.41, 5.74) is 9.03. The molecule has 3 aromatic heterocycles. The summed E-state index contributed by atoms with van der Waals surface area (Å²) in [6.45, 7) is 1.67. The number of hydrogen-bond acceptors (Lipinski definition) is 7. The van der Waals surface area contributed by atoms with Crippen molar-refractivity contribution >= 4 is 39.5 Å². The molecule has 0 unspecified atom stereocenters. The quantitative estimate of drug-likeness (QED) is 0.527. The molecule has 1 fully saturated rings. The number of pyridine rings is 1. The Labute approximate surface area is 177 Å². The number of amides is 1. The second-order valence-corrected chi connectivity index (χ2v) is 8.16. The predicted molar refractivity (Wildman–Crippen MR) is 118 cm³/mol. The average molecular weight is 420 g/mol. The lowest BCUT2D eigenvalue weighted by atomic mass is 10.1. The molecule has 0 spiro atoms. The van der Waals surface area contributed by atoms with E-state index in [1.165, 1.54) is 11.3 Å². The van der Waals surface area contributed by atoms with Crippen LogP contribution in [0.5, 0.6) is 0 Å². The van der Waals surface area contributed by atoms with E-state index in [4.69, 9.17) is 5.73 Å². The number of nitrogens with two attached hydrogens (primary N) is 1. The summed E-state index contributed by atoms with van der Waals surface area (Å²) in [7, 11) is 0. The molecule has 1 amide bonds. The Bertz CT molecular complexity index is 1200. The van der Waals surface area contributed by atoms with Crippen molar-refractivity contribution < 1.29 is 4.79 Å². The molecule has 0 aliphatic carbocycles. The average Bonchev–Trinajstić information content (AvgIpc) is 3.41. The number of fused-ring (bicyclic) bond motifs is 1. The number of thiazole rings is 1. The molecule has 4 aromatic rings. The van der Waals surface area contributed by atoms with Gasteiger partial charge in [-0.05, 0) is 25.0 Å². The Hall–Kier alpha value is -3.30. The fourth-order valence-corrected chi connectivity index (χ4v) is 4.54. The Kier molecular flexibility index (Phi) is 4.89. The summed E-state index contributed by atoms with van der Waals surface area (Å²) in [6.07, 6.45) is 7.25. The minimum atomic E-state index is -0.274. The summed E-state index contributed by atoms with van der Waals surface area (Å²) in [5, 5.41) is 10.8. The molecule has 1 aliphatic heterocycles. The van der Waals surface area contributed by atoms with E-state index in [0.29, 0.717) is 16.5 Å². The summed E-state index contributed by atoms with van der Waals surface area (Å²) in [6, 6.07) is 9.95. The maximum atomic E-state index is 12.9. The maximum Gasteiger partial charge on any atom is 0.275 e. The first-order valence-corrected chi connectivity index (χ1v) is 10.7. The SMILES string of the molecule is N[C@@H]1CCCN(c2ccncc2NC(=O)c2csc(-n3ncc4ccccc43)n2)C1. The molecule has 0 bridgehead atoms. The van der Waals surface area contributed by atoms with Gasteiger partial charge in [0.2, 0.25) is 5.13 Å². The smallest absolute Gasteiger partial charge is 0.275 e. The fraction of sp³-hybridized carbons (Fsp3) is 0.238. The minimum absolute atomic E-state index is 0.139. The Morgan fingerprint density at radius 2 is 2.13 bits per heavy atom. The highest BCUT2D eigenvalue weighted by molar-refractivity contribution is 7.12. The van der Waals surface area contributed by atoms with Crippen molar-refractivity contribution in [3.05, 3.63) is 60.0 Å². The standard InChI is InChI=1S/C21H21N7OS/c22-15-5-3-9-27(12-15)19-7-8-23-11-16(19)25-20(29)17-13-30-21(26-17)28-18-6-2-1-4-14(18)10-24-28/h1-2,4,6-8,10-11,13,15H,3,5,9,12,22H2,(H,25,29)/t15-/m1/s1. The lowest BCUT2D eigenvalue weighted by molar-refractivity contribution is 0.102. The number of piperidine rings is 1. The summed E-state index contributed by atoms with van der Waals surface area (Å²) in [4.78, 5) is 23.8. The molecule has 1 saturated heterocycles. The van der Waals surface area contributed by atoms with Gasteiger partial charge in [0.1, 0.15) is 5.69 Å². The molecule has 30 heavy (non-hydrogen) atoms. The number of rotatable bonds is 4. The number of para-hydroxylation sites is 1. The third-order valence-corrected chi connectivity index (χ3v) is 6.04. The van der Waals surface area contributed by atoms with E-state index in [1.807, 2.05) is 30.3 Å². The molecular formula is C21H21N7OS. The van der Waals surface area contributed by atoms with Gasteiger partial charge in [0.05, 0.1) is 29.3 Å². The van der Waals surface area contributed by atoms with E-state index in [1.54, 1.807) is 28.7 Å². The van der Waals surface area contributed by atoms with Gasteiger partial charge in [-0.25, -0.2) is 9.67 Å². The van der Waals surface area contributed by atoms with Crippen LogP contribution < -0.4 is 16.0 Å². The fourth-order valence-electron chi connectivity index (χ4n) is 3.76. The van der Waals surface area contributed by atoms with Gasteiger partial charge < -0.3 is 16.0 Å².